The van der Waals surface area contributed by atoms with Gasteiger partial charge >= 0.3 is 0 Å². The molecule has 0 aromatic heterocycles. The number of aliphatic hydroxyl groups is 10. The summed E-state index contributed by atoms with van der Waals surface area (Å²) in [6.07, 6.45) is -8.49. The van der Waals surface area contributed by atoms with Crippen LogP contribution >= 0.6 is 0 Å². The van der Waals surface area contributed by atoms with Crippen LogP contribution in [0.1, 0.15) is 0 Å². The smallest absolute Gasteiger partial charge is 0.219 e. The largest absolute Gasteiger partial charge is 0.394 e. The number of aliphatic hydroxyl groups excluding tert-OH is 8. The molecule has 0 bridgehead atoms. The minimum Gasteiger partial charge on any atom is -0.394 e. The maximum absolute atomic E-state index is 9.25. The fourth-order valence-corrected chi connectivity index (χ4v) is 2.18. The molecule has 2 saturated heterocycles. The minimum atomic E-state index is -2.17. The zero-order valence-electron chi connectivity index (χ0n) is 12.6. The summed E-state index contributed by atoms with van der Waals surface area (Å²) >= 11 is 0. The molecule has 0 aliphatic carbocycles. The van der Waals surface area contributed by atoms with E-state index < -0.39 is 68.0 Å². The van der Waals surface area contributed by atoms with Crippen LogP contribution in [0.4, 0.5) is 0 Å². The van der Waals surface area contributed by atoms with Gasteiger partial charge in [0.1, 0.15) is 36.6 Å². The molecule has 0 saturated carbocycles. The van der Waals surface area contributed by atoms with Gasteiger partial charge < -0.3 is 60.5 Å². The van der Waals surface area contributed by atoms with E-state index in [-0.39, 0.29) is 6.61 Å². The molecule has 0 aromatic carbocycles. The molecule has 2 aliphatic rings. The first kappa shape index (κ1) is 21.6. The fourth-order valence-electron chi connectivity index (χ4n) is 2.18. The predicted molar refractivity (Wildman–Crippen MR) is 72.0 cm³/mol. The molecule has 144 valence electrons. The van der Waals surface area contributed by atoms with E-state index in [1.54, 1.807) is 0 Å². The Hall–Kier alpha value is -0.480. The molecule has 8 atom stereocenters. The van der Waals surface area contributed by atoms with Gasteiger partial charge in [0.25, 0.3) is 0 Å². The van der Waals surface area contributed by atoms with Gasteiger partial charge in [0.2, 0.25) is 11.6 Å². The summed E-state index contributed by atoms with van der Waals surface area (Å²) in [4.78, 5) is 0. The van der Waals surface area contributed by atoms with Crippen LogP contribution in [-0.2, 0) is 9.47 Å². The van der Waals surface area contributed by atoms with Crippen LogP contribution in [0.25, 0.3) is 0 Å². The molecule has 2 fully saturated rings. The Morgan fingerprint density at radius 3 is 1.67 bits per heavy atom. The summed E-state index contributed by atoms with van der Waals surface area (Å²) in [5.74, 6) is -4.33. The average molecular weight is 360 g/mol. The maximum Gasteiger partial charge on any atom is 0.219 e. The van der Waals surface area contributed by atoms with Gasteiger partial charge in [-0.15, -0.1) is 0 Å². The number of rotatable bonds is 3. The molecule has 0 spiro atoms. The Kier molecular flexibility index (Phi) is 7.43. The van der Waals surface area contributed by atoms with Crippen LogP contribution in [0.5, 0.6) is 0 Å². The summed E-state index contributed by atoms with van der Waals surface area (Å²) < 4.78 is 9.18. The molecule has 2 rings (SSSR count). The molecule has 0 radical (unpaired) electrons. The van der Waals surface area contributed by atoms with Gasteiger partial charge in [0.05, 0.1) is 26.4 Å². The van der Waals surface area contributed by atoms with Crippen LogP contribution in [0.2, 0.25) is 0 Å². The van der Waals surface area contributed by atoms with Crippen LogP contribution in [0, 0.1) is 0 Å². The van der Waals surface area contributed by atoms with Crippen LogP contribution in [0.3, 0.4) is 0 Å². The highest BCUT2D eigenvalue weighted by Crippen LogP contribution is 2.28. The average Bonchev–Trinajstić information content (AvgIpc) is 2.81. The lowest BCUT2D eigenvalue weighted by molar-refractivity contribution is -0.331. The van der Waals surface area contributed by atoms with Crippen LogP contribution < -0.4 is 0 Å². The predicted octanol–water partition coefficient (Wildman–Crippen LogP) is -6.44. The van der Waals surface area contributed by atoms with Crippen molar-refractivity contribution in [2.24, 2.45) is 0 Å². The van der Waals surface area contributed by atoms with E-state index >= 15 is 0 Å². The van der Waals surface area contributed by atoms with E-state index in [4.69, 9.17) is 40.9 Å². The second kappa shape index (κ2) is 8.27. The SMILES string of the molecule is OC[C@H]1O[C@@](O)(CO)[C@@H](O)[C@@H]1O.OC[C@]1(O)OC[C@@H](O)[C@@H](O)[C@@H]1O. The van der Waals surface area contributed by atoms with E-state index in [2.05, 4.69) is 9.47 Å². The van der Waals surface area contributed by atoms with Gasteiger partial charge in [0, 0.05) is 0 Å². The Labute approximate surface area is 136 Å². The Balaban J connectivity index is 0.000000240. The number of ether oxygens (including phenoxy) is 2. The van der Waals surface area contributed by atoms with Crippen molar-refractivity contribution in [1.29, 1.82) is 0 Å². The molecule has 12 nitrogen and oxygen atoms in total. The van der Waals surface area contributed by atoms with Crippen LogP contribution in [0.15, 0.2) is 0 Å². The third kappa shape index (κ3) is 4.19. The topological polar surface area (TPSA) is 221 Å². The summed E-state index contributed by atoms with van der Waals surface area (Å²) in [6, 6.07) is 0. The first-order valence-electron chi connectivity index (χ1n) is 7.05. The van der Waals surface area contributed by atoms with E-state index in [9.17, 15) is 10.2 Å². The fraction of sp³-hybridized carbons (Fsp3) is 1.00. The van der Waals surface area contributed by atoms with E-state index in [1.165, 1.54) is 0 Å². The Bertz CT molecular complexity index is 392. The molecular weight excluding hydrogens is 336 g/mol. The third-order valence-electron chi connectivity index (χ3n) is 3.84. The van der Waals surface area contributed by atoms with Crippen molar-refractivity contribution in [2.75, 3.05) is 26.4 Å². The lowest BCUT2D eigenvalue weighted by Gasteiger charge is -2.40. The third-order valence-corrected chi connectivity index (χ3v) is 3.84. The molecule has 0 unspecified atom stereocenters. The van der Waals surface area contributed by atoms with Gasteiger partial charge in [-0.25, -0.2) is 0 Å². The van der Waals surface area contributed by atoms with E-state index in [1.807, 2.05) is 0 Å². The maximum atomic E-state index is 9.25. The van der Waals surface area contributed by atoms with Gasteiger partial charge in [-0.3, -0.25) is 0 Å². The van der Waals surface area contributed by atoms with Gasteiger partial charge in [-0.2, -0.15) is 0 Å². The Morgan fingerprint density at radius 2 is 1.29 bits per heavy atom. The lowest BCUT2D eigenvalue weighted by Crippen LogP contribution is -2.62. The minimum absolute atomic E-state index is 0.324. The highest BCUT2D eigenvalue weighted by Gasteiger charge is 2.52. The van der Waals surface area contributed by atoms with E-state index in [0.717, 1.165) is 0 Å². The second-order valence-corrected chi connectivity index (χ2v) is 5.59. The molecule has 2 heterocycles. The van der Waals surface area contributed by atoms with Crippen molar-refractivity contribution in [3.63, 3.8) is 0 Å². The summed E-state index contributed by atoms with van der Waals surface area (Å²) in [7, 11) is 0. The highest BCUT2D eigenvalue weighted by molar-refractivity contribution is 4.94. The van der Waals surface area contributed by atoms with Gasteiger partial charge in [-0.1, -0.05) is 0 Å². The quantitative estimate of drug-likeness (QED) is 0.227. The first-order chi connectivity index (χ1) is 11.1. The van der Waals surface area contributed by atoms with Crippen molar-refractivity contribution < 1.29 is 60.5 Å². The number of hydrogen-bond acceptors (Lipinski definition) is 12. The second-order valence-electron chi connectivity index (χ2n) is 5.59. The number of hydrogen-bond donors (Lipinski definition) is 10. The summed E-state index contributed by atoms with van der Waals surface area (Å²) in [6.45, 7) is -2.52. The van der Waals surface area contributed by atoms with Gasteiger partial charge in [0.15, 0.2) is 0 Å². The zero-order chi connectivity index (χ0) is 18.7. The molecular formula is C12H24O12. The monoisotopic (exact) mass is 360 g/mol. The standard InChI is InChI=1S/2C6H12O6/c7-2-6(11)5(10)4(9)3(8)1-12-6;7-1-3-4(9)5(10)6(11,2-8)12-3/h2*3-5,7-11H,1-2H2/t2*3-,4-,5+,6+/m11/s1. The molecule has 10 N–H and O–H groups in total. The molecule has 24 heavy (non-hydrogen) atoms. The van der Waals surface area contributed by atoms with Crippen LogP contribution in [-0.4, -0.2) is 126 Å². The normalized spacial score (nSPS) is 48.8. The molecule has 12 heteroatoms. The molecule has 2 aliphatic heterocycles. The van der Waals surface area contributed by atoms with Crippen molar-refractivity contribution in [3.05, 3.63) is 0 Å². The van der Waals surface area contributed by atoms with E-state index in [0.29, 0.717) is 0 Å². The van der Waals surface area contributed by atoms with Crippen molar-refractivity contribution in [2.45, 2.75) is 48.2 Å². The molecule has 0 amide bonds. The lowest BCUT2D eigenvalue weighted by atomic mass is 9.98. The van der Waals surface area contributed by atoms with Crippen molar-refractivity contribution in [1.82, 2.24) is 0 Å². The van der Waals surface area contributed by atoms with Gasteiger partial charge in [-0.05, 0) is 0 Å². The summed E-state index contributed by atoms with van der Waals surface area (Å²) in [5.41, 5.74) is 0. The highest BCUT2D eigenvalue weighted by atomic mass is 16.7. The first-order valence-corrected chi connectivity index (χ1v) is 7.05. The zero-order valence-corrected chi connectivity index (χ0v) is 12.6. The van der Waals surface area contributed by atoms with Crippen molar-refractivity contribution in [3.8, 4) is 0 Å². The Morgan fingerprint density at radius 1 is 0.792 bits per heavy atom. The van der Waals surface area contributed by atoms with Crippen molar-refractivity contribution >= 4 is 0 Å². The molecule has 0 aromatic rings. The summed E-state index contributed by atoms with van der Waals surface area (Å²) in [5, 5.41) is 89.7.